The molecule has 1 aliphatic heterocycles. The molecule has 19 heavy (non-hydrogen) atoms. The van der Waals surface area contributed by atoms with Gasteiger partial charge in [0.25, 0.3) is 0 Å². The molecule has 2 fully saturated rings. The lowest BCUT2D eigenvalue weighted by atomic mass is 9.86. The molecule has 0 unspecified atom stereocenters. The predicted octanol–water partition coefficient (Wildman–Crippen LogP) is 1.75. The number of benzene rings is 1. The number of aliphatic hydroxyl groups excluding tert-OH is 1. The monoisotopic (exact) mass is 260 g/mol. The topological polar surface area (TPSA) is 24.7 Å². The number of rotatable bonds is 2. The first-order valence-corrected chi connectivity index (χ1v) is 7.92. The van der Waals surface area contributed by atoms with Gasteiger partial charge in [0.05, 0.1) is 13.1 Å². The van der Waals surface area contributed by atoms with Crippen LogP contribution in [0.2, 0.25) is 0 Å². The summed E-state index contributed by atoms with van der Waals surface area (Å²) in [4.78, 5) is 1.67. The number of likely N-dealkylation sites (tertiary alicyclic amines) is 1. The number of nitrogens with one attached hydrogen (secondary N) is 1. The molecule has 1 saturated carbocycles. The van der Waals surface area contributed by atoms with E-state index >= 15 is 0 Å². The minimum Gasteiger partial charge on any atom is -0.387 e. The highest BCUT2D eigenvalue weighted by atomic mass is 16.3. The Labute approximate surface area is 116 Å². The zero-order valence-electron chi connectivity index (χ0n) is 11.7. The number of piperidine rings is 1. The van der Waals surface area contributed by atoms with Crippen LogP contribution in [0, 0.1) is 0 Å². The molecule has 1 heterocycles. The van der Waals surface area contributed by atoms with Crippen LogP contribution in [0.5, 0.6) is 0 Å². The molecule has 104 valence electrons. The maximum absolute atomic E-state index is 10.2. The summed E-state index contributed by atoms with van der Waals surface area (Å²) < 4.78 is 0. The Bertz CT molecular complexity index is 384. The van der Waals surface area contributed by atoms with Crippen LogP contribution in [0.1, 0.15) is 50.0 Å². The van der Waals surface area contributed by atoms with E-state index in [9.17, 15) is 5.11 Å². The van der Waals surface area contributed by atoms with Gasteiger partial charge in [0.15, 0.2) is 0 Å². The molecule has 1 aromatic carbocycles. The van der Waals surface area contributed by atoms with Crippen LogP contribution in [0.4, 0.5) is 0 Å². The normalized spacial score (nSPS) is 36.1. The van der Waals surface area contributed by atoms with E-state index in [-0.39, 0.29) is 6.10 Å². The van der Waals surface area contributed by atoms with Crippen molar-refractivity contribution >= 4 is 0 Å². The van der Waals surface area contributed by atoms with Gasteiger partial charge in [0.2, 0.25) is 0 Å². The summed E-state index contributed by atoms with van der Waals surface area (Å²) in [5, 5.41) is 10.2. The first kappa shape index (κ1) is 13.1. The fourth-order valence-electron chi connectivity index (χ4n) is 4.01. The third kappa shape index (κ3) is 3.01. The summed E-state index contributed by atoms with van der Waals surface area (Å²) in [6, 6.07) is 11.5. The Hall–Kier alpha value is -0.860. The number of hydrogen-bond donors (Lipinski definition) is 2. The second-order valence-electron chi connectivity index (χ2n) is 6.30. The number of aliphatic hydroxyl groups is 1. The zero-order valence-corrected chi connectivity index (χ0v) is 11.7. The molecule has 0 spiro atoms. The molecule has 2 atom stereocenters. The highest BCUT2D eigenvalue weighted by Gasteiger charge is 2.34. The Kier molecular flexibility index (Phi) is 4.19. The van der Waals surface area contributed by atoms with Crippen molar-refractivity contribution in [3.63, 3.8) is 0 Å². The first-order valence-electron chi connectivity index (χ1n) is 7.92. The quantitative estimate of drug-likeness (QED) is 0.832. The Morgan fingerprint density at radius 2 is 1.58 bits per heavy atom. The molecule has 2 N–H and O–H groups in total. The Morgan fingerprint density at radius 3 is 2.26 bits per heavy atom. The first-order chi connectivity index (χ1) is 9.34. The summed E-state index contributed by atoms with van der Waals surface area (Å²) in [6.45, 7) is 2.47. The maximum Gasteiger partial charge on any atom is 0.114 e. The SMILES string of the molecule is O[C@@H]1CCCC[C@@H]1[NH+]1CCC(c2ccccc2)CC1. The second-order valence-corrected chi connectivity index (χ2v) is 6.30. The van der Waals surface area contributed by atoms with Crippen molar-refractivity contribution in [1.29, 1.82) is 0 Å². The summed E-state index contributed by atoms with van der Waals surface area (Å²) in [5.41, 5.74) is 1.51. The van der Waals surface area contributed by atoms with Crippen LogP contribution in [0.3, 0.4) is 0 Å². The lowest BCUT2D eigenvalue weighted by molar-refractivity contribution is -0.935. The van der Waals surface area contributed by atoms with E-state index in [1.165, 1.54) is 50.8 Å². The highest BCUT2D eigenvalue weighted by molar-refractivity contribution is 5.19. The zero-order chi connectivity index (χ0) is 13.1. The minimum atomic E-state index is -0.0444. The summed E-state index contributed by atoms with van der Waals surface area (Å²) in [5.74, 6) is 0.741. The van der Waals surface area contributed by atoms with Gasteiger partial charge in [0, 0.05) is 19.3 Å². The van der Waals surface area contributed by atoms with Gasteiger partial charge in [-0.2, -0.15) is 0 Å². The molecule has 2 heteroatoms. The average molecular weight is 260 g/mol. The van der Waals surface area contributed by atoms with Crippen molar-refractivity contribution in [2.45, 2.75) is 56.6 Å². The molecule has 1 aliphatic carbocycles. The van der Waals surface area contributed by atoms with Gasteiger partial charge in [-0.05, 0) is 24.3 Å². The van der Waals surface area contributed by atoms with Crippen molar-refractivity contribution in [3.8, 4) is 0 Å². The third-order valence-electron chi connectivity index (χ3n) is 5.15. The van der Waals surface area contributed by atoms with Gasteiger partial charge in [-0.25, -0.2) is 0 Å². The summed E-state index contributed by atoms with van der Waals surface area (Å²) >= 11 is 0. The molecular formula is C17H26NO+. The summed E-state index contributed by atoms with van der Waals surface area (Å²) in [7, 11) is 0. The van der Waals surface area contributed by atoms with E-state index in [2.05, 4.69) is 30.3 Å². The molecule has 3 rings (SSSR count). The third-order valence-corrected chi connectivity index (χ3v) is 5.15. The molecule has 0 aromatic heterocycles. The molecule has 0 amide bonds. The van der Waals surface area contributed by atoms with Crippen molar-refractivity contribution in [1.82, 2.24) is 0 Å². The summed E-state index contributed by atoms with van der Waals surface area (Å²) in [6.07, 6.45) is 7.30. The standard InChI is InChI=1S/C17H25NO/c19-17-9-5-4-8-16(17)18-12-10-15(11-13-18)14-6-2-1-3-7-14/h1-3,6-7,15-17,19H,4-5,8-13H2/p+1/t16-,17+/m0/s1. The fraction of sp³-hybridized carbons (Fsp3) is 0.647. The van der Waals surface area contributed by atoms with Crippen molar-refractivity contribution in [2.24, 2.45) is 0 Å². The van der Waals surface area contributed by atoms with Gasteiger partial charge < -0.3 is 10.0 Å². The van der Waals surface area contributed by atoms with Crippen LogP contribution in [0.15, 0.2) is 30.3 Å². The van der Waals surface area contributed by atoms with Crippen molar-refractivity contribution in [2.75, 3.05) is 13.1 Å². The van der Waals surface area contributed by atoms with Gasteiger partial charge in [0.1, 0.15) is 12.1 Å². The van der Waals surface area contributed by atoms with Crippen LogP contribution in [-0.2, 0) is 0 Å². The predicted molar refractivity (Wildman–Crippen MR) is 77.4 cm³/mol. The van der Waals surface area contributed by atoms with E-state index in [1.54, 1.807) is 4.90 Å². The number of quaternary nitrogens is 1. The molecular weight excluding hydrogens is 234 g/mol. The largest absolute Gasteiger partial charge is 0.387 e. The molecule has 1 aromatic rings. The fourth-order valence-corrected chi connectivity index (χ4v) is 4.01. The van der Waals surface area contributed by atoms with Crippen molar-refractivity contribution < 1.29 is 10.0 Å². The lowest BCUT2D eigenvalue weighted by Crippen LogP contribution is -3.18. The minimum absolute atomic E-state index is 0.0444. The highest BCUT2D eigenvalue weighted by Crippen LogP contribution is 2.24. The van der Waals surface area contributed by atoms with E-state index in [0.29, 0.717) is 6.04 Å². The average Bonchev–Trinajstić information content (AvgIpc) is 2.49. The van der Waals surface area contributed by atoms with Gasteiger partial charge in [-0.3, -0.25) is 0 Å². The molecule has 0 radical (unpaired) electrons. The number of hydrogen-bond acceptors (Lipinski definition) is 1. The molecule has 1 saturated heterocycles. The molecule has 2 nitrogen and oxygen atoms in total. The molecule has 0 bridgehead atoms. The Morgan fingerprint density at radius 1 is 0.895 bits per heavy atom. The van der Waals surface area contributed by atoms with Crippen LogP contribution in [0.25, 0.3) is 0 Å². The van der Waals surface area contributed by atoms with Crippen LogP contribution >= 0.6 is 0 Å². The van der Waals surface area contributed by atoms with E-state index in [4.69, 9.17) is 0 Å². The van der Waals surface area contributed by atoms with Gasteiger partial charge in [-0.1, -0.05) is 36.8 Å². The van der Waals surface area contributed by atoms with Crippen molar-refractivity contribution in [3.05, 3.63) is 35.9 Å². The van der Waals surface area contributed by atoms with E-state index in [0.717, 1.165) is 12.3 Å². The van der Waals surface area contributed by atoms with E-state index < -0.39 is 0 Å². The van der Waals surface area contributed by atoms with E-state index in [1.807, 2.05) is 0 Å². The smallest absolute Gasteiger partial charge is 0.114 e. The molecule has 2 aliphatic rings. The second kappa shape index (κ2) is 6.06. The maximum atomic E-state index is 10.2. The van der Waals surface area contributed by atoms with Gasteiger partial charge >= 0.3 is 0 Å². The lowest BCUT2D eigenvalue weighted by Gasteiger charge is -2.38. The Balaban J connectivity index is 1.57. The van der Waals surface area contributed by atoms with Crippen LogP contribution < -0.4 is 4.90 Å². The van der Waals surface area contributed by atoms with Crippen LogP contribution in [-0.4, -0.2) is 30.3 Å². The van der Waals surface area contributed by atoms with Gasteiger partial charge in [-0.15, -0.1) is 0 Å².